The van der Waals surface area contributed by atoms with Gasteiger partial charge in [-0.25, -0.2) is 4.98 Å². The lowest BCUT2D eigenvalue weighted by Gasteiger charge is -2.20. The maximum atomic E-state index is 12.0. The molecule has 2 rings (SSSR count). The van der Waals surface area contributed by atoms with Gasteiger partial charge in [0.1, 0.15) is 5.75 Å². The van der Waals surface area contributed by atoms with Crippen LogP contribution in [-0.2, 0) is 0 Å². The zero-order chi connectivity index (χ0) is 13.0. The normalized spacial score (nSPS) is 16.8. The Balaban J connectivity index is 2.03. The molecule has 0 aromatic carbocycles. The molecule has 1 aliphatic carbocycles. The van der Waals surface area contributed by atoms with Crippen LogP contribution in [-0.4, -0.2) is 22.0 Å². The molecule has 0 spiro atoms. The maximum Gasteiger partial charge on any atom is 0.274 e. The minimum Gasteiger partial charge on any atom is -0.505 e. The van der Waals surface area contributed by atoms with Crippen LogP contribution >= 0.6 is 0 Å². The molecule has 0 fully saturated rings. The van der Waals surface area contributed by atoms with Gasteiger partial charge >= 0.3 is 0 Å². The monoisotopic (exact) mass is 246 g/mol. The molecule has 0 aliphatic heterocycles. The third kappa shape index (κ3) is 2.88. The number of aromatic hydroxyl groups is 1. The van der Waals surface area contributed by atoms with Crippen LogP contribution in [0.25, 0.3) is 0 Å². The smallest absolute Gasteiger partial charge is 0.274 e. The second-order valence-corrected chi connectivity index (χ2v) is 4.59. The molecular formula is C14H18N2O2. The van der Waals surface area contributed by atoms with Crippen molar-refractivity contribution in [3.63, 3.8) is 0 Å². The van der Waals surface area contributed by atoms with Gasteiger partial charge in [0.15, 0.2) is 5.69 Å². The lowest BCUT2D eigenvalue weighted by atomic mass is 9.94. The number of carbonyl (C=O) groups is 1. The Bertz CT molecular complexity index is 469. The zero-order valence-electron chi connectivity index (χ0n) is 10.5. The van der Waals surface area contributed by atoms with Gasteiger partial charge in [-0.2, -0.15) is 0 Å². The van der Waals surface area contributed by atoms with Gasteiger partial charge in [-0.1, -0.05) is 11.6 Å². The van der Waals surface area contributed by atoms with Gasteiger partial charge in [-0.3, -0.25) is 4.79 Å². The first kappa shape index (κ1) is 12.6. The standard InChI is InChI=1S/C14H18N2O2/c1-10(11-6-3-2-4-7-11)16-14(18)13-12(17)8-5-9-15-13/h5-6,8-10,17H,2-4,7H2,1H3,(H,16,18)/t10-/m0/s1. The van der Waals surface area contributed by atoms with Crippen molar-refractivity contribution in [1.82, 2.24) is 10.3 Å². The van der Waals surface area contributed by atoms with Crippen molar-refractivity contribution in [3.05, 3.63) is 35.7 Å². The molecule has 0 radical (unpaired) electrons. The summed E-state index contributed by atoms with van der Waals surface area (Å²) >= 11 is 0. The molecule has 1 heterocycles. The molecule has 2 N–H and O–H groups in total. The summed E-state index contributed by atoms with van der Waals surface area (Å²) in [5.41, 5.74) is 1.35. The van der Waals surface area contributed by atoms with E-state index in [0.717, 1.165) is 12.8 Å². The number of carbonyl (C=O) groups excluding carboxylic acids is 1. The highest BCUT2D eigenvalue weighted by molar-refractivity contribution is 5.95. The lowest BCUT2D eigenvalue weighted by molar-refractivity contribution is 0.0936. The van der Waals surface area contributed by atoms with E-state index in [9.17, 15) is 9.90 Å². The summed E-state index contributed by atoms with van der Waals surface area (Å²) in [5, 5.41) is 12.4. The van der Waals surface area contributed by atoms with Gasteiger partial charge in [0, 0.05) is 12.2 Å². The van der Waals surface area contributed by atoms with Gasteiger partial charge in [-0.05, 0) is 44.7 Å². The molecule has 0 saturated heterocycles. The molecule has 1 aliphatic rings. The van der Waals surface area contributed by atoms with Gasteiger partial charge in [-0.15, -0.1) is 0 Å². The molecule has 4 heteroatoms. The van der Waals surface area contributed by atoms with E-state index in [1.165, 1.54) is 30.7 Å². The Labute approximate surface area is 107 Å². The van der Waals surface area contributed by atoms with E-state index < -0.39 is 0 Å². The molecule has 1 atom stereocenters. The SMILES string of the molecule is C[C@H](NC(=O)c1ncccc1O)C1=CCCCC1. The Morgan fingerprint density at radius 2 is 2.33 bits per heavy atom. The number of rotatable bonds is 3. The fourth-order valence-electron chi connectivity index (χ4n) is 2.19. The number of hydrogen-bond donors (Lipinski definition) is 2. The number of hydrogen-bond acceptors (Lipinski definition) is 3. The average molecular weight is 246 g/mol. The van der Waals surface area contributed by atoms with Gasteiger partial charge in [0.2, 0.25) is 0 Å². The van der Waals surface area contributed by atoms with E-state index in [-0.39, 0.29) is 23.4 Å². The highest BCUT2D eigenvalue weighted by Gasteiger charge is 2.17. The van der Waals surface area contributed by atoms with Crippen molar-refractivity contribution < 1.29 is 9.90 Å². The van der Waals surface area contributed by atoms with E-state index in [1.807, 2.05) is 6.92 Å². The minimum absolute atomic E-state index is 0.000735. The van der Waals surface area contributed by atoms with Crippen LogP contribution in [0.1, 0.15) is 43.1 Å². The number of nitrogens with zero attached hydrogens (tertiary/aromatic N) is 1. The van der Waals surface area contributed by atoms with Crippen molar-refractivity contribution >= 4 is 5.91 Å². The molecule has 18 heavy (non-hydrogen) atoms. The number of nitrogens with one attached hydrogen (secondary N) is 1. The summed E-state index contributed by atoms with van der Waals surface area (Å²) in [6.07, 6.45) is 8.23. The second kappa shape index (κ2) is 5.67. The summed E-state index contributed by atoms with van der Waals surface area (Å²) in [6.45, 7) is 1.97. The first-order valence-corrected chi connectivity index (χ1v) is 6.32. The van der Waals surface area contributed by atoms with Crippen LogP contribution in [0.3, 0.4) is 0 Å². The van der Waals surface area contributed by atoms with E-state index >= 15 is 0 Å². The molecule has 1 aromatic heterocycles. The molecule has 1 amide bonds. The second-order valence-electron chi connectivity index (χ2n) is 4.59. The number of pyridine rings is 1. The van der Waals surface area contributed by atoms with Crippen LogP contribution in [0.2, 0.25) is 0 Å². The zero-order valence-corrected chi connectivity index (χ0v) is 10.5. The molecular weight excluding hydrogens is 228 g/mol. The third-order valence-electron chi connectivity index (χ3n) is 3.23. The van der Waals surface area contributed by atoms with E-state index in [0.29, 0.717) is 0 Å². The molecule has 1 aromatic rings. The Morgan fingerprint density at radius 3 is 3.00 bits per heavy atom. The number of amides is 1. The Hall–Kier alpha value is -1.84. The fraction of sp³-hybridized carbons (Fsp3) is 0.429. The van der Waals surface area contributed by atoms with Crippen LogP contribution in [0.5, 0.6) is 5.75 Å². The van der Waals surface area contributed by atoms with Crippen LogP contribution in [0.4, 0.5) is 0 Å². The number of allylic oxidation sites excluding steroid dienone is 1. The minimum atomic E-state index is -0.327. The van der Waals surface area contributed by atoms with E-state index in [2.05, 4.69) is 16.4 Å². The van der Waals surface area contributed by atoms with Gasteiger partial charge in [0.25, 0.3) is 5.91 Å². The Morgan fingerprint density at radius 1 is 1.50 bits per heavy atom. The molecule has 0 saturated carbocycles. The van der Waals surface area contributed by atoms with Crippen LogP contribution in [0.15, 0.2) is 30.0 Å². The molecule has 4 nitrogen and oxygen atoms in total. The van der Waals surface area contributed by atoms with Crippen molar-refractivity contribution in [2.24, 2.45) is 0 Å². The lowest BCUT2D eigenvalue weighted by Crippen LogP contribution is -2.34. The Kier molecular flexibility index (Phi) is 3.97. The molecule has 96 valence electrons. The van der Waals surface area contributed by atoms with Crippen molar-refractivity contribution in [2.75, 3.05) is 0 Å². The largest absolute Gasteiger partial charge is 0.505 e. The molecule has 0 unspecified atom stereocenters. The summed E-state index contributed by atoms with van der Waals surface area (Å²) in [6, 6.07) is 3.06. The fourth-order valence-corrected chi connectivity index (χ4v) is 2.19. The van der Waals surface area contributed by atoms with Crippen molar-refractivity contribution in [1.29, 1.82) is 0 Å². The topological polar surface area (TPSA) is 62.2 Å². The third-order valence-corrected chi connectivity index (χ3v) is 3.23. The van der Waals surface area contributed by atoms with Crippen molar-refractivity contribution in [3.8, 4) is 5.75 Å². The first-order valence-electron chi connectivity index (χ1n) is 6.32. The van der Waals surface area contributed by atoms with Gasteiger partial charge < -0.3 is 10.4 Å². The van der Waals surface area contributed by atoms with Crippen LogP contribution < -0.4 is 5.32 Å². The first-order chi connectivity index (χ1) is 8.68. The van der Waals surface area contributed by atoms with Crippen LogP contribution in [0, 0.1) is 0 Å². The van der Waals surface area contributed by atoms with E-state index in [4.69, 9.17) is 0 Å². The summed E-state index contributed by atoms with van der Waals surface area (Å²) in [7, 11) is 0. The highest BCUT2D eigenvalue weighted by Crippen LogP contribution is 2.20. The predicted molar refractivity (Wildman–Crippen MR) is 69.4 cm³/mol. The quantitative estimate of drug-likeness (QED) is 0.805. The summed E-state index contributed by atoms with van der Waals surface area (Å²) in [5.74, 6) is -0.410. The average Bonchev–Trinajstić information content (AvgIpc) is 2.40. The predicted octanol–water partition coefficient (Wildman–Crippen LogP) is 2.41. The van der Waals surface area contributed by atoms with E-state index in [1.54, 1.807) is 6.07 Å². The molecule has 0 bridgehead atoms. The van der Waals surface area contributed by atoms with Crippen molar-refractivity contribution in [2.45, 2.75) is 38.6 Å². The number of aromatic nitrogens is 1. The summed E-state index contributed by atoms with van der Waals surface area (Å²) in [4.78, 5) is 15.9. The maximum absolute atomic E-state index is 12.0. The summed E-state index contributed by atoms with van der Waals surface area (Å²) < 4.78 is 0. The van der Waals surface area contributed by atoms with Gasteiger partial charge in [0.05, 0.1) is 0 Å². The highest BCUT2D eigenvalue weighted by atomic mass is 16.3.